The number of hydrogen-bond donors (Lipinski definition) is 0. The third kappa shape index (κ3) is 4.14. The second kappa shape index (κ2) is 8.72. The van der Waals surface area contributed by atoms with Gasteiger partial charge in [0.2, 0.25) is 0 Å². The molecule has 3 nitrogen and oxygen atoms in total. The number of hydrogen-bond acceptors (Lipinski definition) is 3. The highest BCUT2D eigenvalue weighted by Gasteiger charge is 2.52. The van der Waals surface area contributed by atoms with Crippen LogP contribution in [0.25, 0.3) is 0 Å². The summed E-state index contributed by atoms with van der Waals surface area (Å²) in [6.07, 6.45) is 2.53. The molecule has 0 aromatic heterocycles. The Morgan fingerprint density at radius 2 is 1.57 bits per heavy atom. The number of methoxy groups -OCH3 is 1. The zero-order chi connectivity index (χ0) is 20.2. The predicted molar refractivity (Wildman–Crippen MR) is 117 cm³/mol. The molecule has 1 aliphatic carbocycles. The van der Waals surface area contributed by atoms with Crippen LogP contribution in [0.1, 0.15) is 33.6 Å². The van der Waals surface area contributed by atoms with Gasteiger partial charge in [0.15, 0.2) is 0 Å². The Labute approximate surface area is 170 Å². The highest BCUT2D eigenvalue weighted by molar-refractivity contribution is 6.99. The molecular formula is C24H32O3Si. The van der Waals surface area contributed by atoms with Crippen LogP contribution in [-0.2, 0) is 14.0 Å². The van der Waals surface area contributed by atoms with Crippen molar-refractivity contribution in [1.82, 2.24) is 0 Å². The van der Waals surface area contributed by atoms with Gasteiger partial charge in [0.05, 0.1) is 6.10 Å². The van der Waals surface area contributed by atoms with Gasteiger partial charge >= 0.3 is 0 Å². The number of benzene rings is 2. The minimum atomic E-state index is -2.48. The van der Waals surface area contributed by atoms with Gasteiger partial charge in [-0.3, -0.25) is 0 Å². The monoisotopic (exact) mass is 396 g/mol. The van der Waals surface area contributed by atoms with E-state index in [4.69, 9.17) is 9.16 Å². The molecule has 1 aliphatic rings. The number of carbonyl (C=O) groups is 1. The van der Waals surface area contributed by atoms with E-state index in [1.807, 2.05) is 0 Å². The molecule has 2 aromatic rings. The average Bonchev–Trinajstić information content (AvgIpc) is 3.46. The zero-order valence-electron chi connectivity index (χ0n) is 17.4. The van der Waals surface area contributed by atoms with Crippen molar-refractivity contribution >= 4 is 25.0 Å². The zero-order valence-corrected chi connectivity index (χ0v) is 18.4. The van der Waals surface area contributed by atoms with Gasteiger partial charge < -0.3 is 14.0 Å². The third-order valence-corrected chi connectivity index (χ3v) is 11.0. The Kier molecular flexibility index (Phi) is 6.53. The van der Waals surface area contributed by atoms with Gasteiger partial charge in [-0.1, -0.05) is 81.4 Å². The second-order valence-corrected chi connectivity index (χ2v) is 13.1. The Bertz CT molecular complexity index is 715. The standard InChI is InChI=1S/C24H32O3Si/c1-24(2,3)28(20-11-7-5-8-12-20,21-13-9-6-10-14-21)27-18-19-17-22(19)23(26-4)15-16-25/h5-14,16,19,22-23H,15,17-18H2,1-4H3/t19-,22+,23+/m0/s1. The molecule has 0 radical (unpaired) electrons. The normalized spacial score (nSPS) is 20.6. The van der Waals surface area contributed by atoms with Crippen LogP contribution in [0.3, 0.4) is 0 Å². The first-order valence-corrected chi connectivity index (χ1v) is 12.1. The molecule has 0 spiro atoms. The molecule has 28 heavy (non-hydrogen) atoms. The first kappa shape index (κ1) is 21.0. The van der Waals surface area contributed by atoms with Crippen LogP contribution in [0.15, 0.2) is 60.7 Å². The summed E-state index contributed by atoms with van der Waals surface area (Å²) in [5.74, 6) is 0.889. The molecule has 0 N–H and O–H groups in total. The van der Waals surface area contributed by atoms with Crippen LogP contribution in [0.2, 0.25) is 5.04 Å². The Hall–Kier alpha value is -1.75. The topological polar surface area (TPSA) is 35.5 Å². The van der Waals surface area contributed by atoms with E-state index >= 15 is 0 Å². The van der Waals surface area contributed by atoms with Crippen LogP contribution in [0, 0.1) is 11.8 Å². The molecule has 3 atom stereocenters. The molecular weight excluding hydrogens is 364 g/mol. The van der Waals surface area contributed by atoms with Crippen molar-refractivity contribution in [3.05, 3.63) is 60.7 Å². The molecule has 2 aromatic carbocycles. The lowest BCUT2D eigenvalue weighted by molar-refractivity contribution is -0.110. The first-order chi connectivity index (χ1) is 13.4. The average molecular weight is 397 g/mol. The van der Waals surface area contributed by atoms with E-state index in [0.717, 1.165) is 19.3 Å². The van der Waals surface area contributed by atoms with Crippen molar-refractivity contribution in [2.24, 2.45) is 11.8 Å². The number of ether oxygens (including phenoxy) is 1. The highest BCUT2D eigenvalue weighted by atomic mass is 28.4. The minimum Gasteiger partial charge on any atom is -0.407 e. The first-order valence-electron chi connectivity index (χ1n) is 10.2. The van der Waals surface area contributed by atoms with Crippen molar-refractivity contribution in [2.45, 2.75) is 44.8 Å². The van der Waals surface area contributed by atoms with Gasteiger partial charge in [-0.25, -0.2) is 0 Å². The molecule has 0 aliphatic heterocycles. The summed E-state index contributed by atoms with van der Waals surface area (Å²) in [4.78, 5) is 10.9. The number of rotatable bonds is 9. The smallest absolute Gasteiger partial charge is 0.261 e. The largest absolute Gasteiger partial charge is 0.407 e. The van der Waals surface area contributed by atoms with Gasteiger partial charge in [-0.2, -0.15) is 0 Å². The Morgan fingerprint density at radius 3 is 2.00 bits per heavy atom. The van der Waals surface area contributed by atoms with Crippen LogP contribution in [0.4, 0.5) is 0 Å². The number of aldehydes is 1. The van der Waals surface area contributed by atoms with E-state index in [1.54, 1.807) is 7.11 Å². The van der Waals surface area contributed by atoms with Crippen LogP contribution >= 0.6 is 0 Å². The maximum absolute atomic E-state index is 10.9. The van der Waals surface area contributed by atoms with E-state index in [9.17, 15) is 4.79 Å². The summed E-state index contributed by atoms with van der Waals surface area (Å²) in [6.45, 7) is 7.62. The lowest BCUT2D eigenvalue weighted by Gasteiger charge is -2.43. The quantitative estimate of drug-likeness (QED) is 0.478. The highest BCUT2D eigenvalue weighted by Crippen LogP contribution is 2.45. The van der Waals surface area contributed by atoms with Gasteiger partial charge in [-0.15, -0.1) is 0 Å². The Balaban J connectivity index is 1.91. The van der Waals surface area contributed by atoms with E-state index in [0.29, 0.717) is 18.3 Å². The fraction of sp³-hybridized carbons (Fsp3) is 0.458. The summed E-state index contributed by atoms with van der Waals surface area (Å²) in [6, 6.07) is 21.5. The van der Waals surface area contributed by atoms with E-state index in [2.05, 4.69) is 81.4 Å². The van der Waals surface area contributed by atoms with Gasteiger partial charge in [0.1, 0.15) is 6.29 Å². The van der Waals surface area contributed by atoms with Crippen molar-refractivity contribution in [2.75, 3.05) is 13.7 Å². The van der Waals surface area contributed by atoms with Crippen molar-refractivity contribution in [3.63, 3.8) is 0 Å². The minimum absolute atomic E-state index is 0.0104. The molecule has 0 bridgehead atoms. The van der Waals surface area contributed by atoms with Gasteiger partial charge in [0.25, 0.3) is 8.32 Å². The fourth-order valence-electron chi connectivity index (χ4n) is 4.45. The van der Waals surface area contributed by atoms with E-state index in [-0.39, 0.29) is 11.1 Å². The van der Waals surface area contributed by atoms with Gasteiger partial charge in [0, 0.05) is 20.1 Å². The summed E-state index contributed by atoms with van der Waals surface area (Å²) in [5, 5.41) is 2.60. The predicted octanol–water partition coefficient (Wildman–Crippen LogP) is 3.80. The summed E-state index contributed by atoms with van der Waals surface area (Å²) >= 11 is 0. The van der Waals surface area contributed by atoms with Crippen LogP contribution in [0.5, 0.6) is 0 Å². The molecule has 4 heteroatoms. The molecule has 0 heterocycles. The van der Waals surface area contributed by atoms with Crippen LogP contribution < -0.4 is 10.4 Å². The summed E-state index contributed by atoms with van der Waals surface area (Å²) < 4.78 is 12.5. The molecule has 150 valence electrons. The third-order valence-electron chi connectivity index (χ3n) is 6.02. The lowest BCUT2D eigenvalue weighted by Crippen LogP contribution is -2.66. The van der Waals surface area contributed by atoms with Crippen LogP contribution in [-0.4, -0.2) is 34.4 Å². The molecule has 0 amide bonds. The summed E-state index contributed by atoms with van der Waals surface area (Å²) in [5.41, 5.74) is 0. The number of carbonyl (C=O) groups excluding carboxylic acids is 1. The lowest BCUT2D eigenvalue weighted by atomic mass is 10.1. The molecule has 0 saturated heterocycles. The van der Waals surface area contributed by atoms with E-state index < -0.39 is 8.32 Å². The molecule has 1 saturated carbocycles. The molecule has 1 fully saturated rings. The Morgan fingerprint density at radius 1 is 1.04 bits per heavy atom. The maximum Gasteiger partial charge on any atom is 0.261 e. The molecule has 0 unspecified atom stereocenters. The SMILES string of the molecule is CO[C@H](CC=O)[C@@H]1C[C@H]1CO[Si](c1ccccc1)(c1ccccc1)C(C)(C)C. The van der Waals surface area contributed by atoms with Crippen molar-refractivity contribution in [1.29, 1.82) is 0 Å². The summed E-state index contributed by atoms with van der Waals surface area (Å²) in [7, 11) is -0.775. The van der Waals surface area contributed by atoms with Crippen molar-refractivity contribution < 1.29 is 14.0 Å². The van der Waals surface area contributed by atoms with Gasteiger partial charge in [-0.05, 0) is 33.7 Å². The maximum atomic E-state index is 10.9. The fourth-order valence-corrected chi connectivity index (χ4v) is 9.07. The van der Waals surface area contributed by atoms with E-state index in [1.165, 1.54) is 10.4 Å². The second-order valence-electron chi connectivity index (χ2n) is 8.81. The molecule has 3 rings (SSSR count). The van der Waals surface area contributed by atoms with Crippen molar-refractivity contribution in [3.8, 4) is 0 Å².